The van der Waals surface area contributed by atoms with Crippen LogP contribution in [0.3, 0.4) is 0 Å². The van der Waals surface area contributed by atoms with Crippen LogP contribution < -0.4 is 0 Å². The van der Waals surface area contributed by atoms with Crippen molar-refractivity contribution in [2.24, 2.45) is 0 Å². The summed E-state index contributed by atoms with van der Waals surface area (Å²) in [6.07, 6.45) is 3.43. The minimum atomic E-state index is 0.671. The number of hydrogen-bond acceptors (Lipinski definition) is 3. The highest BCUT2D eigenvalue weighted by atomic mass is 15.1. The quantitative estimate of drug-likeness (QED) is 0.712. The fourth-order valence-corrected chi connectivity index (χ4v) is 1.12. The van der Waals surface area contributed by atoms with Gasteiger partial charge in [-0.1, -0.05) is 0 Å². The number of nitrogens with one attached hydrogen (secondary N) is 1. The molecule has 0 aliphatic heterocycles. The van der Waals surface area contributed by atoms with E-state index in [1.165, 1.54) is 0 Å². The lowest BCUT2D eigenvalue weighted by atomic mass is 10.2. The highest BCUT2D eigenvalue weighted by molar-refractivity contribution is 5.54. The van der Waals surface area contributed by atoms with Gasteiger partial charge in [0.05, 0.1) is 0 Å². The van der Waals surface area contributed by atoms with Crippen LogP contribution in [0.5, 0.6) is 0 Å². The lowest BCUT2D eigenvalue weighted by molar-refractivity contribution is 1.03. The second-order valence-corrected chi connectivity index (χ2v) is 2.89. The Bertz CT molecular complexity index is 405. The van der Waals surface area contributed by atoms with Gasteiger partial charge in [0, 0.05) is 23.7 Å². The highest BCUT2D eigenvalue weighted by Crippen LogP contribution is 2.17. The van der Waals surface area contributed by atoms with E-state index < -0.39 is 0 Å². The van der Waals surface area contributed by atoms with Crippen LogP contribution in [-0.2, 0) is 0 Å². The maximum Gasteiger partial charge on any atom is 0.180 e. The minimum Gasteiger partial charge on any atom is -0.282 e. The Balaban J connectivity index is 2.53. The van der Waals surface area contributed by atoms with Crippen molar-refractivity contribution in [3.05, 3.63) is 29.7 Å². The summed E-state index contributed by atoms with van der Waals surface area (Å²) < 4.78 is 0. The molecule has 66 valence electrons. The molecule has 4 nitrogen and oxygen atoms in total. The van der Waals surface area contributed by atoms with Crippen molar-refractivity contribution in [3.63, 3.8) is 0 Å². The van der Waals surface area contributed by atoms with Crippen molar-refractivity contribution in [2.75, 3.05) is 0 Å². The molecule has 0 saturated carbocycles. The summed E-state index contributed by atoms with van der Waals surface area (Å²) in [6.45, 7) is 3.99. The molecule has 0 fully saturated rings. The Labute approximate surface area is 76.1 Å². The van der Waals surface area contributed by atoms with E-state index in [9.17, 15) is 0 Å². The van der Waals surface area contributed by atoms with E-state index in [2.05, 4.69) is 20.2 Å². The normalized spacial score (nSPS) is 10.3. The molecule has 0 aliphatic carbocycles. The zero-order chi connectivity index (χ0) is 9.26. The molecular weight excluding hydrogens is 164 g/mol. The van der Waals surface area contributed by atoms with Gasteiger partial charge in [0.1, 0.15) is 5.69 Å². The van der Waals surface area contributed by atoms with Crippen molar-refractivity contribution in [1.29, 1.82) is 0 Å². The first kappa shape index (κ1) is 7.91. The van der Waals surface area contributed by atoms with Crippen LogP contribution in [0.2, 0.25) is 0 Å². The Morgan fingerprint density at radius 2 is 1.85 bits per heavy atom. The minimum absolute atomic E-state index is 0.671. The molecule has 2 aromatic rings. The van der Waals surface area contributed by atoms with E-state index in [4.69, 9.17) is 0 Å². The summed E-state index contributed by atoms with van der Waals surface area (Å²) in [6, 6.07) is 1.79. The Hall–Kier alpha value is -1.71. The average molecular weight is 174 g/mol. The number of hydrogen-bond donors (Lipinski definition) is 1. The van der Waals surface area contributed by atoms with Gasteiger partial charge >= 0.3 is 0 Å². The molecule has 2 aromatic heterocycles. The topological polar surface area (TPSA) is 54.5 Å². The number of H-pyrrole nitrogens is 1. The maximum atomic E-state index is 4.14. The van der Waals surface area contributed by atoms with E-state index in [1.807, 2.05) is 13.8 Å². The van der Waals surface area contributed by atoms with Gasteiger partial charge in [0.2, 0.25) is 0 Å². The first-order valence-electron chi connectivity index (χ1n) is 4.08. The molecular formula is C9H10N4. The second kappa shape index (κ2) is 2.97. The van der Waals surface area contributed by atoms with Gasteiger partial charge in [0.25, 0.3) is 0 Å². The number of aromatic nitrogens is 4. The van der Waals surface area contributed by atoms with Gasteiger partial charge in [-0.25, -0.2) is 9.97 Å². The van der Waals surface area contributed by atoms with E-state index in [0.717, 1.165) is 17.0 Å². The number of rotatable bonds is 1. The third-order valence-corrected chi connectivity index (χ3v) is 2.03. The monoisotopic (exact) mass is 174 g/mol. The summed E-state index contributed by atoms with van der Waals surface area (Å²) in [5.41, 5.74) is 2.99. The van der Waals surface area contributed by atoms with Crippen LogP contribution in [0, 0.1) is 13.8 Å². The molecule has 0 unspecified atom stereocenters. The molecule has 0 saturated heterocycles. The standard InChI is InChI=1S/C9H10N4/c1-6-7(2)12-13-8(6)9-10-4-3-5-11-9/h3-5H,1-2H3,(H,12,13). The predicted molar refractivity (Wildman–Crippen MR) is 49.1 cm³/mol. The van der Waals surface area contributed by atoms with Gasteiger partial charge in [-0.2, -0.15) is 5.10 Å². The molecule has 2 heterocycles. The Kier molecular flexibility index (Phi) is 1.81. The van der Waals surface area contributed by atoms with Crippen LogP contribution in [0.1, 0.15) is 11.3 Å². The second-order valence-electron chi connectivity index (χ2n) is 2.89. The Morgan fingerprint density at radius 1 is 1.15 bits per heavy atom. The molecule has 0 atom stereocenters. The van der Waals surface area contributed by atoms with Crippen molar-refractivity contribution in [3.8, 4) is 11.5 Å². The lowest BCUT2D eigenvalue weighted by Gasteiger charge is -1.94. The third-order valence-electron chi connectivity index (χ3n) is 2.03. The van der Waals surface area contributed by atoms with Crippen LogP contribution >= 0.6 is 0 Å². The number of aromatic amines is 1. The van der Waals surface area contributed by atoms with E-state index in [-0.39, 0.29) is 0 Å². The average Bonchev–Trinajstić information content (AvgIpc) is 2.49. The van der Waals surface area contributed by atoms with Crippen molar-refractivity contribution < 1.29 is 0 Å². The fourth-order valence-electron chi connectivity index (χ4n) is 1.12. The Morgan fingerprint density at radius 3 is 2.38 bits per heavy atom. The van der Waals surface area contributed by atoms with E-state index >= 15 is 0 Å². The summed E-state index contributed by atoms with van der Waals surface area (Å²) in [4.78, 5) is 8.26. The first-order valence-corrected chi connectivity index (χ1v) is 4.08. The van der Waals surface area contributed by atoms with Gasteiger partial charge in [-0.3, -0.25) is 5.10 Å². The summed E-state index contributed by atoms with van der Waals surface area (Å²) in [7, 11) is 0. The molecule has 0 spiro atoms. The first-order chi connectivity index (χ1) is 6.29. The SMILES string of the molecule is Cc1[nH]nc(-c2ncccn2)c1C. The van der Waals surface area contributed by atoms with Crippen LogP contribution in [0.25, 0.3) is 11.5 Å². The largest absolute Gasteiger partial charge is 0.282 e. The molecule has 0 amide bonds. The van der Waals surface area contributed by atoms with Crippen LogP contribution in [0.15, 0.2) is 18.5 Å². The molecule has 0 bridgehead atoms. The van der Waals surface area contributed by atoms with Crippen molar-refractivity contribution in [1.82, 2.24) is 20.2 Å². The molecule has 1 N–H and O–H groups in total. The maximum absolute atomic E-state index is 4.14. The molecule has 13 heavy (non-hydrogen) atoms. The number of nitrogens with zero attached hydrogens (tertiary/aromatic N) is 3. The molecule has 2 rings (SSSR count). The summed E-state index contributed by atoms with van der Waals surface area (Å²) in [5, 5.41) is 7.04. The van der Waals surface area contributed by atoms with Gasteiger partial charge < -0.3 is 0 Å². The molecule has 0 aromatic carbocycles. The fraction of sp³-hybridized carbons (Fsp3) is 0.222. The van der Waals surface area contributed by atoms with Crippen LogP contribution in [-0.4, -0.2) is 20.2 Å². The van der Waals surface area contributed by atoms with Crippen molar-refractivity contribution in [2.45, 2.75) is 13.8 Å². The number of aryl methyl sites for hydroxylation is 1. The smallest absolute Gasteiger partial charge is 0.180 e. The van der Waals surface area contributed by atoms with Gasteiger partial charge in [-0.05, 0) is 19.9 Å². The van der Waals surface area contributed by atoms with E-state index in [1.54, 1.807) is 18.5 Å². The summed E-state index contributed by atoms with van der Waals surface area (Å²) in [5.74, 6) is 0.671. The lowest BCUT2D eigenvalue weighted by Crippen LogP contribution is -1.88. The third kappa shape index (κ3) is 1.30. The van der Waals surface area contributed by atoms with Gasteiger partial charge in [-0.15, -0.1) is 0 Å². The van der Waals surface area contributed by atoms with Crippen molar-refractivity contribution >= 4 is 0 Å². The van der Waals surface area contributed by atoms with Crippen LogP contribution in [0.4, 0.5) is 0 Å². The molecule has 0 radical (unpaired) electrons. The van der Waals surface area contributed by atoms with Gasteiger partial charge in [0.15, 0.2) is 5.82 Å². The van der Waals surface area contributed by atoms with E-state index in [0.29, 0.717) is 5.82 Å². The highest BCUT2D eigenvalue weighted by Gasteiger charge is 2.09. The zero-order valence-electron chi connectivity index (χ0n) is 7.57. The summed E-state index contributed by atoms with van der Waals surface area (Å²) >= 11 is 0. The predicted octanol–water partition coefficient (Wildman–Crippen LogP) is 1.48. The molecule has 4 heteroatoms. The molecule has 0 aliphatic rings. The zero-order valence-corrected chi connectivity index (χ0v) is 7.57.